The van der Waals surface area contributed by atoms with Crippen LogP contribution < -0.4 is 5.11 Å². The van der Waals surface area contributed by atoms with Crippen LogP contribution in [0.2, 0.25) is 0 Å². The highest BCUT2D eigenvalue weighted by atomic mass is 79.9. The van der Waals surface area contributed by atoms with Crippen LogP contribution in [-0.2, 0) is 10.0 Å². The van der Waals surface area contributed by atoms with Crippen LogP contribution in [0.5, 0.6) is 0 Å². The van der Waals surface area contributed by atoms with Crippen molar-refractivity contribution in [3.8, 4) is 0 Å². The Morgan fingerprint density at radius 2 is 1.65 bits per heavy atom. The lowest BCUT2D eigenvalue weighted by Gasteiger charge is -2.20. The van der Waals surface area contributed by atoms with Crippen molar-refractivity contribution >= 4 is 37.4 Å². The zero-order valence-corrected chi connectivity index (χ0v) is 16.3. The van der Waals surface area contributed by atoms with Gasteiger partial charge in [-0.15, -0.1) is 0 Å². The lowest BCUT2D eigenvalue weighted by molar-refractivity contribution is -0.244. The molecule has 0 heterocycles. The Balaban J connectivity index is 2.11. The first-order chi connectivity index (χ1) is 12.4. The molecule has 4 nitrogen and oxygen atoms in total. The van der Waals surface area contributed by atoms with E-state index in [1.807, 2.05) is 13.0 Å². The van der Waals surface area contributed by atoms with Crippen LogP contribution in [0.3, 0.4) is 0 Å². The number of sulfonamides is 1. The summed E-state index contributed by atoms with van der Waals surface area (Å²) in [6, 6.07) is 15.1. The van der Waals surface area contributed by atoms with Gasteiger partial charge in [0.1, 0.15) is 0 Å². The summed E-state index contributed by atoms with van der Waals surface area (Å²) in [5.74, 6) is -0.287. The van der Waals surface area contributed by atoms with Crippen molar-refractivity contribution in [1.82, 2.24) is 0 Å². The first kappa shape index (κ1) is 18.4. The van der Waals surface area contributed by atoms with Gasteiger partial charge in [0.25, 0.3) is 10.0 Å². The van der Waals surface area contributed by atoms with Crippen LogP contribution in [0.4, 0.5) is 0 Å². The summed E-state index contributed by atoms with van der Waals surface area (Å²) in [5.41, 5.74) is 1.76. The van der Waals surface area contributed by atoms with Gasteiger partial charge in [-0.05, 0) is 48.4 Å². The van der Waals surface area contributed by atoms with Crippen LogP contribution in [0, 0.1) is 6.92 Å². The zero-order chi connectivity index (χ0) is 18.7. The highest BCUT2D eigenvalue weighted by Crippen LogP contribution is 2.25. The second kappa shape index (κ2) is 7.43. The van der Waals surface area contributed by atoms with Crippen LogP contribution in [0.15, 0.2) is 92.2 Å². The molecular weight excluding hydrogens is 414 g/mol. The third kappa shape index (κ3) is 4.03. The van der Waals surface area contributed by atoms with Crippen LogP contribution in [0.1, 0.15) is 11.1 Å². The molecule has 0 saturated heterocycles. The van der Waals surface area contributed by atoms with E-state index in [0.29, 0.717) is 10.0 Å². The monoisotopic (exact) mass is 428 g/mol. The molecule has 132 valence electrons. The minimum Gasteiger partial charge on any atom is -0.872 e. The zero-order valence-electron chi connectivity index (χ0n) is 13.9. The average Bonchev–Trinajstić information content (AvgIpc) is 2.63. The predicted molar refractivity (Wildman–Crippen MR) is 105 cm³/mol. The van der Waals surface area contributed by atoms with Gasteiger partial charge >= 0.3 is 0 Å². The number of benzene rings is 2. The van der Waals surface area contributed by atoms with E-state index in [9.17, 15) is 13.5 Å². The Morgan fingerprint density at radius 3 is 2.31 bits per heavy atom. The predicted octanol–water partition coefficient (Wildman–Crippen LogP) is 3.74. The van der Waals surface area contributed by atoms with Crippen molar-refractivity contribution in [2.75, 3.05) is 0 Å². The number of aryl methyl sites for hydroxylation is 1. The fourth-order valence-corrected chi connectivity index (χ4v) is 3.77. The molecule has 0 atom stereocenters. The van der Waals surface area contributed by atoms with E-state index in [2.05, 4.69) is 20.3 Å². The minimum absolute atomic E-state index is 0.0872. The topological polar surface area (TPSA) is 69.6 Å². The molecule has 0 amide bonds. The molecule has 0 spiro atoms. The van der Waals surface area contributed by atoms with Crippen molar-refractivity contribution in [1.29, 1.82) is 0 Å². The number of allylic oxidation sites excluding steroid dienone is 5. The Bertz CT molecular complexity index is 1050. The Labute approximate surface area is 161 Å². The van der Waals surface area contributed by atoms with Gasteiger partial charge in [0.05, 0.1) is 10.6 Å². The number of halogens is 1. The maximum atomic E-state index is 12.8. The summed E-state index contributed by atoms with van der Waals surface area (Å²) in [7, 11) is -3.92. The minimum atomic E-state index is -3.92. The van der Waals surface area contributed by atoms with Crippen LogP contribution >= 0.6 is 15.9 Å². The van der Waals surface area contributed by atoms with Gasteiger partial charge < -0.3 is 5.11 Å². The summed E-state index contributed by atoms with van der Waals surface area (Å²) >= 11 is 3.33. The number of nitrogens with zero attached hydrogens (tertiary/aromatic N) is 1. The second-order valence-corrected chi connectivity index (χ2v) is 8.26. The molecule has 6 heteroatoms. The van der Waals surface area contributed by atoms with Crippen molar-refractivity contribution in [2.45, 2.75) is 11.8 Å². The van der Waals surface area contributed by atoms with Gasteiger partial charge in [0, 0.05) is 4.48 Å². The molecule has 0 aliphatic heterocycles. The SMILES string of the molecule is Cc1ccc(S(=O)(=O)N=C2C=CC(Br)=CC2=C([O-])c2ccccc2)cc1. The summed E-state index contributed by atoms with van der Waals surface area (Å²) in [6.07, 6.45) is 4.76. The molecule has 3 rings (SSSR count). The van der Waals surface area contributed by atoms with Gasteiger partial charge in [-0.1, -0.05) is 69.7 Å². The van der Waals surface area contributed by atoms with E-state index >= 15 is 0 Å². The van der Waals surface area contributed by atoms with Crippen molar-refractivity contribution < 1.29 is 13.5 Å². The van der Waals surface area contributed by atoms with E-state index < -0.39 is 10.0 Å². The molecule has 1 aliphatic rings. The Hall–Kier alpha value is -2.44. The molecule has 0 aromatic heterocycles. The highest BCUT2D eigenvalue weighted by molar-refractivity contribution is 9.11. The van der Waals surface area contributed by atoms with E-state index in [0.717, 1.165) is 5.56 Å². The normalized spacial score (nSPS) is 17.9. The van der Waals surface area contributed by atoms with E-state index in [1.54, 1.807) is 48.6 Å². The van der Waals surface area contributed by atoms with Gasteiger partial charge in [-0.2, -0.15) is 12.8 Å². The first-order valence-corrected chi connectivity index (χ1v) is 10.0. The number of rotatable bonds is 3. The van der Waals surface area contributed by atoms with Crippen molar-refractivity contribution in [2.24, 2.45) is 4.40 Å². The summed E-state index contributed by atoms with van der Waals surface area (Å²) < 4.78 is 29.8. The quantitative estimate of drug-likeness (QED) is 0.698. The van der Waals surface area contributed by atoms with E-state index in [4.69, 9.17) is 0 Å². The first-order valence-electron chi connectivity index (χ1n) is 7.81. The fourth-order valence-electron chi connectivity index (χ4n) is 2.41. The largest absolute Gasteiger partial charge is 0.872 e. The van der Waals surface area contributed by atoms with Crippen molar-refractivity contribution in [3.05, 3.63) is 94.0 Å². The molecule has 0 N–H and O–H groups in total. The molecule has 0 unspecified atom stereocenters. The lowest BCUT2D eigenvalue weighted by atomic mass is 10.0. The number of hydrogen-bond acceptors (Lipinski definition) is 3. The molecule has 2 aromatic rings. The lowest BCUT2D eigenvalue weighted by Crippen LogP contribution is -2.14. The molecule has 0 bridgehead atoms. The maximum Gasteiger partial charge on any atom is 0.282 e. The summed E-state index contributed by atoms with van der Waals surface area (Å²) in [6.45, 7) is 1.87. The van der Waals surface area contributed by atoms with Gasteiger partial charge in [0.2, 0.25) is 0 Å². The van der Waals surface area contributed by atoms with Crippen LogP contribution in [-0.4, -0.2) is 14.1 Å². The Morgan fingerprint density at radius 1 is 1.00 bits per heavy atom. The average molecular weight is 429 g/mol. The molecule has 0 radical (unpaired) electrons. The van der Waals surface area contributed by atoms with Crippen LogP contribution in [0.25, 0.3) is 5.76 Å². The van der Waals surface area contributed by atoms with Gasteiger partial charge in [-0.25, -0.2) is 0 Å². The molecule has 0 fully saturated rings. The highest BCUT2D eigenvalue weighted by Gasteiger charge is 2.17. The Kier molecular flexibility index (Phi) is 5.25. The smallest absolute Gasteiger partial charge is 0.282 e. The molecular formula is C20H15BrNO3S-. The van der Waals surface area contributed by atoms with Gasteiger partial charge in [0.15, 0.2) is 0 Å². The van der Waals surface area contributed by atoms with Crippen molar-refractivity contribution in [3.63, 3.8) is 0 Å². The third-order valence-corrected chi connectivity index (χ3v) is 5.57. The molecule has 26 heavy (non-hydrogen) atoms. The second-order valence-electron chi connectivity index (χ2n) is 5.74. The number of hydrogen-bond donors (Lipinski definition) is 0. The van der Waals surface area contributed by atoms with Gasteiger partial charge in [-0.3, -0.25) is 0 Å². The maximum absolute atomic E-state index is 12.8. The fraction of sp³-hybridized carbons (Fsp3) is 0.0500. The summed E-state index contributed by atoms with van der Waals surface area (Å²) in [5, 5.41) is 12.8. The third-order valence-electron chi connectivity index (χ3n) is 3.78. The molecule has 0 saturated carbocycles. The van der Waals surface area contributed by atoms with E-state index in [1.165, 1.54) is 18.2 Å². The molecule has 1 aliphatic carbocycles. The molecule has 2 aromatic carbocycles. The van der Waals surface area contributed by atoms with E-state index in [-0.39, 0.29) is 21.9 Å². The summed E-state index contributed by atoms with van der Waals surface area (Å²) in [4.78, 5) is 0.0872. The standard InChI is InChI=1S/C20H16BrNO3S/c1-14-7-10-17(11-8-14)26(24,25)22-19-12-9-16(21)13-18(19)20(23)15-5-3-2-4-6-15/h2-13,23H,1H3/p-1.